The average molecular weight is 201 g/mol. The van der Waals surface area contributed by atoms with Gasteiger partial charge >= 0.3 is 0 Å². The van der Waals surface area contributed by atoms with Crippen molar-refractivity contribution < 1.29 is 0 Å². The van der Waals surface area contributed by atoms with Crippen LogP contribution in [0.4, 0.5) is 0 Å². The molecule has 80 valence electrons. The predicted octanol–water partition coefficient (Wildman–Crippen LogP) is 3.04. The Balaban J connectivity index is 1.81. The maximum atomic E-state index is 2.52. The van der Waals surface area contributed by atoms with E-state index in [0.717, 1.165) is 12.5 Å². The molecule has 1 nitrogen and oxygen atoms in total. The van der Waals surface area contributed by atoms with Crippen LogP contribution in [-0.4, -0.2) is 24.5 Å². The number of nitrogens with zero attached hydrogens (tertiary/aromatic N) is 1. The standard InChI is InChI=1S/C14H19N/c1-13-9-11-15(12-13)10-5-8-14-6-3-2-4-7-14/h2-8,13H,9-12H2,1H3/b8-5-/t13-/m1/s1. The van der Waals surface area contributed by atoms with Gasteiger partial charge in [0.25, 0.3) is 0 Å². The summed E-state index contributed by atoms with van der Waals surface area (Å²) in [5.74, 6) is 0.884. The van der Waals surface area contributed by atoms with Gasteiger partial charge in [0.15, 0.2) is 0 Å². The normalized spacial score (nSPS) is 22.6. The predicted molar refractivity (Wildman–Crippen MR) is 65.7 cm³/mol. The SMILES string of the molecule is C[C@@H]1CCN(C/C=C\c2ccccc2)C1. The van der Waals surface area contributed by atoms with E-state index >= 15 is 0 Å². The summed E-state index contributed by atoms with van der Waals surface area (Å²) in [6.07, 6.45) is 5.84. The number of hydrogen-bond donors (Lipinski definition) is 0. The fourth-order valence-electron chi connectivity index (χ4n) is 2.09. The zero-order chi connectivity index (χ0) is 10.5. The molecule has 0 spiro atoms. The van der Waals surface area contributed by atoms with Crippen molar-refractivity contribution in [3.63, 3.8) is 0 Å². The molecule has 1 saturated heterocycles. The van der Waals surface area contributed by atoms with E-state index in [2.05, 4.69) is 54.3 Å². The third-order valence-corrected chi connectivity index (χ3v) is 2.98. The second-order valence-electron chi connectivity index (χ2n) is 4.47. The van der Waals surface area contributed by atoms with Gasteiger partial charge in [0.2, 0.25) is 0 Å². The maximum Gasteiger partial charge on any atom is 0.0166 e. The monoisotopic (exact) mass is 201 g/mol. The quantitative estimate of drug-likeness (QED) is 0.726. The molecule has 0 aliphatic carbocycles. The van der Waals surface area contributed by atoms with Crippen LogP contribution in [0.3, 0.4) is 0 Å². The topological polar surface area (TPSA) is 3.24 Å². The highest BCUT2D eigenvalue weighted by Gasteiger charge is 2.16. The molecule has 0 radical (unpaired) electrons. The van der Waals surface area contributed by atoms with Crippen LogP contribution < -0.4 is 0 Å². The maximum absolute atomic E-state index is 2.52. The molecule has 0 unspecified atom stereocenters. The van der Waals surface area contributed by atoms with Crippen molar-refractivity contribution in [3.05, 3.63) is 42.0 Å². The van der Waals surface area contributed by atoms with Crippen molar-refractivity contribution in [3.8, 4) is 0 Å². The summed E-state index contributed by atoms with van der Waals surface area (Å²) in [5.41, 5.74) is 1.30. The highest BCUT2D eigenvalue weighted by molar-refractivity contribution is 5.48. The van der Waals surface area contributed by atoms with Crippen LogP contribution in [0.15, 0.2) is 36.4 Å². The number of benzene rings is 1. The molecule has 1 fully saturated rings. The van der Waals surface area contributed by atoms with Crippen LogP contribution in [0.5, 0.6) is 0 Å². The summed E-state index contributed by atoms with van der Waals surface area (Å²) in [7, 11) is 0. The fraction of sp³-hybridized carbons (Fsp3) is 0.429. The molecule has 1 heterocycles. The van der Waals surface area contributed by atoms with Crippen molar-refractivity contribution in [1.29, 1.82) is 0 Å². The van der Waals surface area contributed by atoms with Gasteiger partial charge < -0.3 is 0 Å². The van der Waals surface area contributed by atoms with Gasteiger partial charge in [-0.3, -0.25) is 4.90 Å². The van der Waals surface area contributed by atoms with Gasteiger partial charge in [-0.1, -0.05) is 49.4 Å². The first-order chi connectivity index (χ1) is 7.34. The lowest BCUT2D eigenvalue weighted by atomic mass is 10.2. The number of hydrogen-bond acceptors (Lipinski definition) is 1. The van der Waals surface area contributed by atoms with Crippen LogP contribution in [0.1, 0.15) is 18.9 Å². The highest BCUT2D eigenvalue weighted by Crippen LogP contribution is 2.14. The first-order valence-electron chi connectivity index (χ1n) is 5.78. The second kappa shape index (κ2) is 5.13. The molecular formula is C14H19N. The van der Waals surface area contributed by atoms with Gasteiger partial charge in [0, 0.05) is 13.1 Å². The first-order valence-corrected chi connectivity index (χ1v) is 5.78. The molecule has 1 aliphatic heterocycles. The molecule has 1 aliphatic rings. The van der Waals surface area contributed by atoms with Crippen LogP contribution in [0.2, 0.25) is 0 Å². The molecule has 1 heteroatoms. The average Bonchev–Trinajstić information content (AvgIpc) is 2.66. The van der Waals surface area contributed by atoms with Crippen LogP contribution in [0.25, 0.3) is 6.08 Å². The van der Waals surface area contributed by atoms with E-state index in [1.54, 1.807) is 0 Å². The minimum absolute atomic E-state index is 0.884. The molecule has 1 aromatic carbocycles. The van der Waals surface area contributed by atoms with Gasteiger partial charge in [0.1, 0.15) is 0 Å². The van der Waals surface area contributed by atoms with Gasteiger partial charge in [-0.05, 0) is 24.4 Å². The third kappa shape index (κ3) is 3.21. The molecule has 0 aromatic heterocycles. The molecule has 0 saturated carbocycles. The second-order valence-corrected chi connectivity index (χ2v) is 4.47. The Hall–Kier alpha value is -1.08. The fourth-order valence-corrected chi connectivity index (χ4v) is 2.09. The van der Waals surface area contributed by atoms with E-state index in [4.69, 9.17) is 0 Å². The van der Waals surface area contributed by atoms with Crippen LogP contribution >= 0.6 is 0 Å². The Bertz CT molecular complexity index is 315. The van der Waals surface area contributed by atoms with Crippen LogP contribution in [-0.2, 0) is 0 Å². The Morgan fingerprint density at radius 3 is 2.80 bits per heavy atom. The van der Waals surface area contributed by atoms with Crippen LogP contribution in [0, 0.1) is 5.92 Å². The van der Waals surface area contributed by atoms with Gasteiger partial charge in [-0.25, -0.2) is 0 Å². The number of rotatable bonds is 3. The van der Waals surface area contributed by atoms with Crippen molar-refractivity contribution in [2.45, 2.75) is 13.3 Å². The van der Waals surface area contributed by atoms with Gasteiger partial charge in [-0.2, -0.15) is 0 Å². The lowest BCUT2D eigenvalue weighted by Crippen LogP contribution is -2.19. The van der Waals surface area contributed by atoms with Gasteiger partial charge in [0.05, 0.1) is 0 Å². The largest absolute Gasteiger partial charge is 0.299 e. The minimum atomic E-state index is 0.884. The lowest BCUT2D eigenvalue weighted by Gasteiger charge is -2.11. The van der Waals surface area contributed by atoms with E-state index in [-0.39, 0.29) is 0 Å². The highest BCUT2D eigenvalue weighted by atomic mass is 15.1. The number of likely N-dealkylation sites (tertiary alicyclic amines) is 1. The zero-order valence-electron chi connectivity index (χ0n) is 9.39. The Morgan fingerprint density at radius 1 is 1.33 bits per heavy atom. The summed E-state index contributed by atoms with van der Waals surface area (Å²) in [5, 5.41) is 0. The first kappa shape index (κ1) is 10.4. The molecular weight excluding hydrogens is 182 g/mol. The summed E-state index contributed by atoms with van der Waals surface area (Å²) >= 11 is 0. The van der Waals surface area contributed by atoms with E-state index < -0.39 is 0 Å². The van der Waals surface area contributed by atoms with Crippen molar-refractivity contribution in [1.82, 2.24) is 4.90 Å². The Kier molecular flexibility index (Phi) is 3.57. The Labute approximate surface area is 92.4 Å². The third-order valence-electron chi connectivity index (χ3n) is 2.98. The Morgan fingerprint density at radius 2 is 2.13 bits per heavy atom. The molecule has 2 rings (SSSR count). The van der Waals surface area contributed by atoms with Gasteiger partial charge in [-0.15, -0.1) is 0 Å². The molecule has 0 N–H and O–H groups in total. The minimum Gasteiger partial charge on any atom is -0.299 e. The molecule has 0 bridgehead atoms. The lowest BCUT2D eigenvalue weighted by molar-refractivity contribution is 0.364. The van der Waals surface area contributed by atoms with Crippen molar-refractivity contribution in [2.24, 2.45) is 5.92 Å². The summed E-state index contributed by atoms with van der Waals surface area (Å²) in [6.45, 7) is 5.96. The zero-order valence-corrected chi connectivity index (χ0v) is 9.39. The summed E-state index contributed by atoms with van der Waals surface area (Å²) in [4.78, 5) is 2.52. The van der Waals surface area contributed by atoms with E-state index in [9.17, 15) is 0 Å². The molecule has 1 aromatic rings. The van der Waals surface area contributed by atoms with E-state index in [0.29, 0.717) is 0 Å². The van der Waals surface area contributed by atoms with E-state index in [1.165, 1.54) is 25.1 Å². The molecule has 15 heavy (non-hydrogen) atoms. The molecule has 1 atom stereocenters. The molecule has 0 amide bonds. The van der Waals surface area contributed by atoms with Crippen molar-refractivity contribution >= 4 is 6.08 Å². The van der Waals surface area contributed by atoms with E-state index in [1.807, 2.05) is 0 Å². The van der Waals surface area contributed by atoms with Crippen molar-refractivity contribution in [2.75, 3.05) is 19.6 Å². The smallest absolute Gasteiger partial charge is 0.0166 e. The summed E-state index contributed by atoms with van der Waals surface area (Å²) in [6, 6.07) is 10.5. The summed E-state index contributed by atoms with van der Waals surface area (Å²) < 4.78 is 0.